The summed E-state index contributed by atoms with van der Waals surface area (Å²) in [6.07, 6.45) is 1.81. The Labute approximate surface area is 123 Å². The number of aryl methyl sites for hydroxylation is 2. The molecule has 1 aliphatic carbocycles. The summed E-state index contributed by atoms with van der Waals surface area (Å²) >= 11 is 0. The first-order chi connectivity index (χ1) is 9.89. The van der Waals surface area contributed by atoms with Crippen LogP contribution in [0.2, 0.25) is 0 Å². The number of aliphatic carboxylic acids is 1. The number of benzene rings is 1. The van der Waals surface area contributed by atoms with Crippen LogP contribution in [-0.4, -0.2) is 47.6 Å². The van der Waals surface area contributed by atoms with Crippen LogP contribution < -0.4 is 0 Å². The Morgan fingerprint density at radius 3 is 2.67 bits per heavy atom. The molecule has 1 fully saturated rings. The number of β-amino-alcohol motifs (C(OH)–C–C–N with tert-alkyl or cyclic N) is 1. The fourth-order valence-electron chi connectivity index (χ4n) is 3.12. The van der Waals surface area contributed by atoms with Crippen molar-refractivity contribution in [2.75, 3.05) is 6.54 Å². The highest BCUT2D eigenvalue weighted by molar-refractivity contribution is 7.89. The molecule has 0 aromatic heterocycles. The third-order valence-electron chi connectivity index (χ3n) is 4.20. The molecule has 21 heavy (non-hydrogen) atoms. The fraction of sp³-hybridized carbons (Fsp3) is 0.500. The zero-order valence-corrected chi connectivity index (χ0v) is 12.2. The van der Waals surface area contributed by atoms with Gasteiger partial charge in [-0.1, -0.05) is 6.07 Å². The van der Waals surface area contributed by atoms with E-state index < -0.39 is 28.1 Å². The third-order valence-corrected chi connectivity index (χ3v) is 6.07. The smallest absolute Gasteiger partial charge is 0.322 e. The van der Waals surface area contributed by atoms with Gasteiger partial charge in [0.2, 0.25) is 10.0 Å². The number of fused-ring (bicyclic) bond motifs is 1. The number of hydrogen-bond donors (Lipinski definition) is 2. The van der Waals surface area contributed by atoms with Gasteiger partial charge in [-0.25, -0.2) is 8.42 Å². The normalized spacial score (nSPS) is 26.0. The maximum absolute atomic E-state index is 12.6. The van der Waals surface area contributed by atoms with Crippen molar-refractivity contribution >= 4 is 16.0 Å². The number of carboxylic acid groups (broad SMARTS) is 1. The molecule has 2 unspecified atom stereocenters. The van der Waals surface area contributed by atoms with Gasteiger partial charge in [0, 0.05) is 13.0 Å². The second-order valence-corrected chi connectivity index (χ2v) is 7.49. The summed E-state index contributed by atoms with van der Waals surface area (Å²) in [5.41, 5.74) is 2.17. The van der Waals surface area contributed by atoms with Crippen molar-refractivity contribution in [3.63, 3.8) is 0 Å². The Morgan fingerprint density at radius 1 is 1.24 bits per heavy atom. The molecule has 1 aromatic rings. The van der Waals surface area contributed by atoms with Gasteiger partial charge in [-0.2, -0.15) is 4.31 Å². The van der Waals surface area contributed by atoms with Crippen molar-refractivity contribution in [3.8, 4) is 0 Å². The van der Waals surface area contributed by atoms with Gasteiger partial charge in [0.25, 0.3) is 0 Å². The van der Waals surface area contributed by atoms with E-state index in [0.29, 0.717) is 0 Å². The summed E-state index contributed by atoms with van der Waals surface area (Å²) in [4.78, 5) is 11.3. The molecule has 0 radical (unpaired) electrons. The van der Waals surface area contributed by atoms with Crippen LogP contribution in [0.1, 0.15) is 24.0 Å². The van der Waals surface area contributed by atoms with Crippen molar-refractivity contribution in [1.29, 1.82) is 0 Å². The second-order valence-electron chi connectivity index (χ2n) is 5.60. The van der Waals surface area contributed by atoms with Crippen LogP contribution in [0.3, 0.4) is 0 Å². The Hall–Kier alpha value is -1.44. The minimum absolute atomic E-state index is 0.0699. The van der Waals surface area contributed by atoms with Crippen molar-refractivity contribution < 1.29 is 23.4 Å². The van der Waals surface area contributed by atoms with Crippen LogP contribution in [0.15, 0.2) is 23.1 Å². The molecule has 1 aliphatic heterocycles. The van der Waals surface area contributed by atoms with Gasteiger partial charge in [-0.05, 0) is 42.5 Å². The van der Waals surface area contributed by atoms with Crippen molar-refractivity contribution in [2.24, 2.45) is 0 Å². The van der Waals surface area contributed by atoms with E-state index in [2.05, 4.69) is 0 Å². The minimum atomic E-state index is -3.89. The maximum atomic E-state index is 12.6. The molecule has 1 aromatic carbocycles. The lowest BCUT2D eigenvalue weighted by Gasteiger charge is -2.21. The predicted octanol–water partition coefficient (Wildman–Crippen LogP) is 0.384. The van der Waals surface area contributed by atoms with Crippen LogP contribution in [0.4, 0.5) is 0 Å². The van der Waals surface area contributed by atoms with Crippen LogP contribution in [0.25, 0.3) is 0 Å². The van der Waals surface area contributed by atoms with E-state index in [1.165, 1.54) is 6.07 Å². The number of nitrogens with zero attached hydrogens (tertiary/aromatic N) is 1. The standard InChI is InChI=1S/C14H17NO5S/c16-11-7-13(14(17)18)15(8-11)21(19,20)12-5-4-9-2-1-3-10(9)6-12/h4-6,11,13,16H,1-3,7-8H2,(H,17,18). The van der Waals surface area contributed by atoms with Crippen molar-refractivity contribution in [1.82, 2.24) is 4.31 Å². The number of carboxylic acids is 1. The zero-order valence-electron chi connectivity index (χ0n) is 11.4. The highest BCUT2D eigenvalue weighted by atomic mass is 32.2. The Kier molecular flexibility index (Phi) is 3.51. The molecule has 0 saturated carbocycles. The molecule has 2 N–H and O–H groups in total. The van der Waals surface area contributed by atoms with Gasteiger partial charge in [0.15, 0.2) is 0 Å². The predicted molar refractivity (Wildman–Crippen MR) is 74.4 cm³/mol. The van der Waals surface area contributed by atoms with Gasteiger partial charge < -0.3 is 10.2 Å². The lowest BCUT2D eigenvalue weighted by atomic mass is 10.1. The number of aliphatic hydroxyl groups is 1. The quantitative estimate of drug-likeness (QED) is 0.842. The maximum Gasteiger partial charge on any atom is 0.322 e. The lowest BCUT2D eigenvalue weighted by Crippen LogP contribution is -2.40. The summed E-state index contributed by atoms with van der Waals surface area (Å²) in [5.74, 6) is -1.23. The van der Waals surface area contributed by atoms with Crippen LogP contribution in [-0.2, 0) is 27.7 Å². The summed E-state index contributed by atoms with van der Waals surface area (Å²) in [6.45, 7) is -0.170. The van der Waals surface area contributed by atoms with Crippen LogP contribution in [0, 0.1) is 0 Å². The van der Waals surface area contributed by atoms with E-state index in [-0.39, 0.29) is 17.9 Å². The first kappa shape index (κ1) is 14.5. The molecule has 0 amide bonds. The van der Waals surface area contributed by atoms with Gasteiger partial charge in [-0.3, -0.25) is 4.79 Å². The molecule has 2 atom stereocenters. The second kappa shape index (κ2) is 5.08. The van der Waals surface area contributed by atoms with Gasteiger partial charge >= 0.3 is 5.97 Å². The minimum Gasteiger partial charge on any atom is -0.480 e. The first-order valence-electron chi connectivity index (χ1n) is 6.94. The number of aliphatic hydroxyl groups excluding tert-OH is 1. The van der Waals surface area contributed by atoms with Gasteiger partial charge in [-0.15, -0.1) is 0 Å². The highest BCUT2D eigenvalue weighted by Crippen LogP contribution is 2.30. The Morgan fingerprint density at radius 2 is 1.95 bits per heavy atom. The molecular formula is C14H17NO5S. The number of rotatable bonds is 3. The van der Waals surface area contributed by atoms with Gasteiger partial charge in [0.05, 0.1) is 11.0 Å². The average molecular weight is 311 g/mol. The molecule has 1 heterocycles. The molecular weight excluding hydrogens is 294 g/mol. The highest BCUT2D eigenvalue weighted by Gasteiger charge is 2.43. The number of carbonyl (C=O) groups is 1. The summed E-state index contributed by atoms with van der Waals surface area (Å²) in [5, 5.41) is 18.8. The van der Waals surface area contributed by atoms with E-state index in [0.717, 1.165) is 34.7 Å². The van der Waals surface area contributed by atoms with E-state index in [1.807, 2.05) is 0 Å². The van der Waals surface area contributed by atoms with Crippen LogP contribution in [0.5, 0.6) is 0 Å². The Balaban J connectivity index is 1.98. The summed E-state index contributed by atoms with van der Waals surface area (Å²) in [7, 11) is -3.89. The van der Waals surface area contributed by atoms with E-state index in [9.17, 15) is 18.3 Å². The first-order valence-corrected chi connectivity index (χ1v) is 8.38. The van der Waals surface area contributed by atoms with E-state index in [4.69, 9.17) is 5.11 Å². The molecule has 6 nitrogen and oxygen atoms in total. The number of hydrogen-bond acceptors (Lipinski definition) is 4. The van der Waals surface area contributed by atoms with Crippen molar-refractivity contribution in [2.45, 2.75) is 42.7 Å². The molecule has 114 valence electrons. The Bertz CT molecular complexity index is 685. The zero-order chi connectivity index (χ0) is 15.2. The summed E-state index contributed by atoms with van der Waals surface area (Å²) < 4.78 is 26.2. The molecule has 2 aliphatic rings. The molecule has 0 spiro atoms. The average Bonchev–Trinajstić information content (AvgIpc) is 3.03. The number of sulfonamides is 1. The molecule has 3 rings (SSSR count). The monoisotopic (exact) mass is 311 g/mol. The van der Waals surface area contributed by atoms with Gasteiger partial charge in [0.1, 0.15) is 6.04 Å². The summed E-state index contributed by atoms with van der Waals surface area (Å²) in [6, 6.07) is 3.78. The largest absolute Gasteiger partial charge is 0.480 e. The third kappa shape index (κ3) is 2.45. The van der Waals surface area contributed by atoms with Crippen LogP contribution >= 0.6 is 0 Å². The van der Waals surface area contributed by atoms with E-state index >= 15 is 0 Å². The molecule has 7 heteroatoms. The fourth-order valence-corrected chi connectivity index (χ4v) is 4.80. The lowest BCUT2D eigenvalue weighted by molar-refractivity contribution is -0.140. The molecule has 1 saturated heterocycles. The topological polar surface area (TPSA) is 94.9 Å². The van der Waals surface area contributed by atoms with Crippen molar-refractivity contribution in [3.05, 3.63) is 29.3 Å². The van der Waals surface area contributed by atoms with E-state index in [1.54, 1.807) is 12.1 Å². The SMILES string of the molecule is O=C(O)C1CC(O)CN1S(=O)(=O)c1ccc2c(c1)CCC2. The molecule has 0 bridgehead atoms.